The van der Waals surface area contributed by atoms with Crippen LogP contribution in [0.5, 0.6) is 0 Å². The zero-order valence-electron chi connectivity index (χ0n) is 10.9. The molecule has 0 aromatic carbocycles. The van der Waals surface area contributed by atoms with Gasteiger partial charge in [0, 0.05) is 25.7 Å². The monoisotopic (exact) mass is 238 g/mol. The minimum absolute atomic E-state index is 0.533. The minimum atomic E-state index is 0.533. The summed E-state index contributed by atoms with van der Waals surface area (Å²) < 4.78 is 5.76. The maximum atomic E-state index is 5.76. The first-order valence-electron chi connectivity index (χ1n) is 7.49. The van der Waals surface area contributed by atoms with Gasteiger partial charge < -0.3 is 15.0 Å². The fourth-order valence-electron chi connectivity index (χ4n) is 3.78. The fraction of sp³-hybridized carbons (Fsp3) is 1.00. The van der Waals surface area contributed by atoms with Gasteiger partial charge in [-0.05, 0) is 57.5 Å². The lowest BCUT2D eigenvalue weighted by Gasteiger charge is -2.36. The number of piperidine rings is 1. The molecule has 0 aromatic heterocycles. The second kappa shape index (κ2) is 5.68. The van der Waals surface area contributed by atoms with Crippen LogP contribution in [-0.2, 0) is 4.74 Å². The summed E-state index contributed by atoms with van der Waals surface area (Å²) in [6.45, 7) is 6.02. The average Bonchev–Trinajstić information content (AvgIpc) is 3.01. The fourth-order valence-corrected chi connectivity index (χ4v) is 3.78. The van der Waals surface area contributed by atoms with Gasteiger partial charge in [0.1, 0.15) is 0 Å². The van der Waals surface area contributed by atoms with Gasteiger partial charge in [-0.1, -0.05) is 0 Å². The van der Waals surface area contributed by atoms with Crippen LogP contribution in [0.3, 0.4) is 0 Å². The molecule has 0 aromatic rings. The van der Waals surface area contributed by atoms with Crippen LogP contribution in [0.15, 0.2) is 0 Å². The second-order valence-electron chi connectivity index (χ2n) is 6.00. The molecule has 0 saturated carbocycles. The van der Waals surface area contributed by atoms with Gasteiger partial charge >= 0.3 is 0 Å². The average molecular weight is 238 g/mol. The Kier molecular flexibility index (Phi) is 3.99. The molecular weight excluding hydrogens is 212 g/mol. The molecule has 1 N–H and O–H groups in total. The number of likely N-dealkylation sites (tertiary alicyclic amines) is 1. The predicted octanol–water partition coefficient (Wildman–Crippen LogP) is 1.63. The molecule has 17 heavy (non-hydrogen) atoms. The van der Waals surface area contributed by atoms with Gasteiger partial charge in [-0.3, -0.25) is 0 Å². The van der Waals surface area contributed by atoms with E-state index in [0.29, 0.717) is 6.10 Å². The van der Waals surface area contributed by atoms with Crippen LogP contribution in [0, 0.1) is 5.92 Å². The molecule has 0 aliphatic carbocycles. The van der Waals surface area contributed by atoms with Crippen LogP contribution in [0.4, 0.5) is 0 Å². The van der Waals surface area contributed by atoms with Gasteiger partial charge in [0.25, 0.3) is 0 Å². The maximum absolute atomic E-state index is 5.76. The summed E-state index contributed by atoms with van der Waals surface area (Å²) in [4.78, 5) is 2.66. The van der Waals surface area contributed by atoms with Gasteiger partial charge in [-0.2, -0.15) is 0 Å². The highest BCUT2D eigenvalue weighted by Gasteiger charge is 2.30. The van der Waals surface area contributed by atoms with Gasteiger partial charge in [0.2, 0.25) is 0 Å². The molecule has 3 heterocycles. The lowest BCUT2D eigenvalue weighted by molar-refractivity contribution is 0.0525. The van der Waals surface area contributed by atoms with Crippen molar-refractivity contribution >= 4 is 0 Å². The Bertz CT molecular complexity index is 234. The van der Waals surface area contributed by atoms with Crippen LogP contribution in [0.2, 0.25) is 0 Å². The Morgan fingerprint density at radius 1 is 1.12 bits per heavy atom. The van der Waals surface area contributed by atoms with Crippen molar-refractivity contribution in [1.82, 2.24) is 10.2 Å². The largest absolute Gasteiger partial charge is 0.377 e. The van der Waals surface area contributed by atoms with Crippen LogP contribution in [-0.4, -0.2) is 49.8 Å². The lowest BCUT2D eigenvalue weighted by Crippen LogP contribution is -2.45. The predicted molar refractivity (Wildman–Crippen MR) is 69.2 cm³/mol. The van der Waals surface area contributed by atoms with E-state index >= 15 is 0 Å². The summed E-state index contributed by atoms with van der Waals surface area (Å²) in [5.74, 6) is 0.896. The molecule has 3 aliphatic rings. The zero-order valence-corrected chi connectivity index (χ0v) is 10.9. The highest BCUT2D eigenvalue weighted by molar-refractivity contribution is 4.87. The van der Waals surface area contributed by atoms with Crippen molar-refractivity contribution in [3.63, 3.8) is 0 Å². The molecule has 3 nitrogen and oxygen atoms in total. The number of nitrogens with zero attached hydrogens (tertiary/aromatic N) is 1. The summed E-state index contributed by atoms with van der Waals surface area (Å²) in [5, 5.41) is 3.68. The van der Waals surface area contributed by atoms with Gasteiger partial charge in [-0.15, -0.1) is 0 Å². The van der Waals surface area contributed by atoms with Gasteiger partial charge in [0.15, 0.2) is 0 Å². The molecule has 0 spiro atoms. The van der Waals surface area contributed by atoms with Crippen molar-refractivity contribution in [2.75, 3.05) is 32.8 Å². The Balaban J connectivity index is 1.48. The highest BCUT2D eigenvalue weighted by Crippen LogP contribution is 2.25. The highest BCUT2D eigenvalue weighted by atomic mass is 16.5. The van der Waals surface area contributed by atoms with E-state index in [9.17, 15) is 0 Å². The first-order chi connectivity index (χ1) is 8.42. The summed E-state index contributed by atoms with van der Waals surface area (Å²) in [6.07, 6.45) is 8.68. The first kappa shape index (κ1) is 11.9. The van der Waals surface area contributed by atoms with Crippen molar-refractivity contribution in [1.29, 1.82) is 0 Å². The molecular formula is C14H26N2O. The normalized spacial score (nSPS) is 39.9. The smallest absolute Gasteiger partial charge is 0.0702 e. The number of ether oxygens (including phenoxy) is 1. The van der Waals surface area contributed by atoms with E-state index < -0.39 is 0 Å². The molecule has 3 atom stereocenters. The molecule has 0 amide bonds. The van der Waals surface area contributed by atoms with E-state index in [-0.39, 0.29) is 0 Å². The Hall–Kier alpha value is -0.120. The third kappa shape index (κ3) is 3.01. The summed E-state index contributed by atoms with van der Waals surface area (Å²) in [6, 6.07) is 0.808. The van der Waals surface area contributed by atoms with Crippen LogP contribution >= 0.6 is 0 Å². The lowest BCUT2D eigenvalue weighted by atomic mass is 9.89. The molecule has 3 fully saturated rings. The SMILES string of the molecule is C1COC(CN2CCCC(C3CCCN3)C2)C1. The van der Waals surface area contributed by atoms with E-state index in [1.165, 1.54) is 64.7 Å². The number of rotatable bonds is 3. The van der Waals surface area contributed by atoms with Crippen molar-refractivity contribution in [2.24, 2.45) is 5.92 Å². The Labute approximate surface area is 105 Å². The first-order valence-corrected chi connectivity index (χ1v) is 7.49. The molecule has 3 aliphatic heterocycles. The summed E-state index contributed by atoms with van der Waals surface area (Å²) >= 11 is 0. The number of hydrogen-bond donors (Lipinski definition) is 1. The van der Waals surface area contributed by atoms with Crippen molar-refractivity contribution in [3.8, 4) is 0 Å². The van der Waals surface area contributed by atoms with Crippen molar-refractivity contribution in [2.45, 2.75) is 50.7 Å². The van der Waals surface area contributed by atoms with E-state index in [1.54, 1.807) is 0 Å². The van der Waals surface area contributed by atoms with Crippen LogP contribution in [0.1, 0.15) is 38.5 Å². The van der Waals surface area contributed by atoms with E-state index in [4.69, 9.17) is 4.74 Å². The molecule has 0 bridgehead atoms. The maximum Gasteiger partial charge on any atom is 0.0702 e. The van der Waals surface area contributed by atoms with E-state index in [2.05, 4.69) is 10.2 Å². The molecule has 3 rings (SSSR count). The second-order valence-corrected chi connectivity index (χ2v) is 6.00. The minimum Gasteiger partial charge on any atom is -0.377 e. The van der Waals surface area contributed by atoms with E-state index in [0.717, 1.165) is 18.6 Å². The number of hydrogen-bond acceptors (Lipinski definition) is 3. The molecule has 3 unspecified atom stereocenters. The zero-order chi connectivity index (χ0) is 11.5. The Morgan fingerprint density at radius 2 is 2.12 bits per heavy atom. The van der Waals surface area contributed by atoms with E-state index in [1.807, 2.05) is 0 Å². The number of nitrogens with one attached hydrogen (secondary N) is 1. The van der Waals surface area contributed by atoms with Crippen LogP contribution in [0.25, 0.3) is 0 Å². The standard InChI is InChI=1S/C14H26N2O/c1-6-14(15-7-1)12-4-2-8-16(10-12)11-13-5-3-9-17-13/h12-15H,1-11H2. The Morgan fingerprint density at radius 3 is 2.88 bits per heavy atom. The quantitative estimate of drug-likeness (QED) is 0.809. The molecule has 0 radical (unpaired) electrons. The van der Waals surface area contributed by atoms with Crippen molar-refractivity contribution in [3.05, 3.63) is 0 Å². The molecule has 98 valence electrons. The van der Waals surface area contributed by atoms with Gasteiger partial charge in [-0.25, -0.2) is 0 Å². The van der Waals surface area contributed by atoms with Crippen LogP contribution < -0.4 is 5.32 Å². The summed E-state index contributed by atoms with van der Waals surface area (Å²) in [7, 11) is 0. The van der Waals surface area contributed by atoms with Crippen molar-refractivity contribution < 1.29 is 4.74 Å². The van der Waals surface area contributed by atoms with Gasteiger partial charge in [0.05, 0.1) is 6.10 Å². The molecule has 3 heteroatoms. The summed E-state index contributed by atoms with van der Waals surface area (Å²) in [5.41, 5.74) is 0. The molecule has 3 saturated heterocycles. The third-order valence-corrected chi connectivity index (χ3v) is 4.70. The third-order valence-electron chi connectivity index (χ3n) is 4.70. The topological polar surface area (TPSA) is 24.5 Å².